The zero-order chi connectivity index (χ0) is 16.7. The van der Waals surface area contributed by atoms with E-state index in [4.69, 9.17) is 15.7 Å². The van der Waals surface area contributed by atoms with Gasteiger partial charge in [-0.05, 0) is 38.1 Å². The first-order valence-corrected chi connectivity index (χ1v) is 8.35. The Morgan fingerprint density at radius 1 is 0.840 bits per heavy atom. The summed E-state index contributed by atoms with van der Waals surface area (Å²) in [5.74, 6) is 0. The van der Waals surface area contributed by atoms with Gasteiger partial charge in [0.15, 0.2) is 0 Å². The summed E-state index contributed by atoms with van der Waals surface area (Å²) in [6.45, 7) is 6.26. The van der Waals surface area contributed by atoms with Gasteiger partial charge in [-0.3, -0.25) is 0 Å². The van der Waals surface area contributed by atoms with Crippen LogP contribution in [0.15, 0.2) is 48.5 Å². The highest BCUT2D eigenvalue weighted by Crippen LogP contribution is 2.30. The maximum Gasteiger partial charge on any atom is 0.0974 e. The number of halogens is 1. The Bertz CT molecular complexity index is 1060. The molecule has 0 aliphatic heterocycles. The lowest BCUT2D eigenvalue weighted by atomic mass is 10.1. The third-order valence-corrected chi connectivity index (χ3v) is 4.59. The second-order valence-electron chi connectivity index (χ2n) is 5.95. The van der Waals surface area contributed by atoms with Crippen LogP contribution in [0.3, 0.4) is 0 Å². The summed E-state index contributed by atoms with van der Waals surface area (Å²) in [6, 6.07) is 16.3. The van der Waals surface area contributed by atoms with Gasteiger partial charge in [0, 0.05) is 35.2 Å². The lowest BCUT2D eigenvalue weighted by Crippen LogP contribution is -2.21. The Balaban J connectivity index is 0.00000182. The topological polar surface area (TPSA) is 55.0 Å². The molecule has 0 saturated carbocycles. The fraction of sp³-hybridized carbons (Fsp3) is 0.200. The molecular weight excluding hydrogens is 332 g/mol. The first kappa shape index (κ1) is 17.2. The molecule has 0 aliphatic rings. The molecule has 0 radical (unpaired) electrons. The predicted molar refractivity (Wildman–Crippen MR) is 110 cm³/mol. The van der Waals surface area contributed by atoms with Crippen LogP contribution in [0.5, 0.6) is 0 Å². The molecular formula is C20H21ClN4. The number of nitrogens with two attached hydrogens (primary N) is 1. The smallest absolute Gasteiger partial charge is 0.0974 e. The zero-order valence-electron chi connectivity index (χ0n) is 14.4. The summed E-state index contributed by atoms with van der Waals surface area (Å²) in [4.78, 5) is 12.0. The van der Waals surface area contributed by atoms with Gasteiger partial charge in [0.25, 0.3) is 0 Å². The number of rotatable bonds is 3. The molecule has 2 N–H and O–H groups in total. The lowest BCUT2D eigenvalue weighted by Gasteiger charge is -2.21. The Morgan fingerprint density at radius 3 is 2.28 bits per heavy atom. The standard InChI is InChI=1S/C20H20N4.ClH/c1-3-24(4-2)13-9-10-17-18(11-13)22-19-12-16(21)14-7-5-6-8-15(14)20(19)23-17;/h5-12H,3-4,21H2,1-2H3;1H. The minimum absolute atomic E-state index is 0. The third kappa shape index (κ3) is 2.83. The zero-order valence-corrected chi connectivity index (χ0v) is 15.2. The quantitative estimate of drug-likeness (QED) is 0.327. The fourth-order valence-electron chi connectivity index (χ4n) is 3.31. The average molecular weight is 353 g/mol. The summed E-state index contributed by atoms with van der Waals surface area (Å²) in [5, 5.41) is 2.08. The van der Waals surface area contributed by atoms with Gasteiger partial charge in [-0.1, -0.05) is 24.3 Å². The van der Waals surface area contributed by atoms with Crippen LogP contribution < -0.4 is 10.6 Å². The van der Waals surface area contributed by atoms with Crippen molar-refractivity contribution in [3.8, 4) is 0 Å². The van der Waals surface area contributed by atoms with Gasteiger partial charge in [0.05, 0.1) is 22.1 Å². The molecule has 1 aromatic heterocycles. The van der Waals surface area contributed by atoms with Crippen LogP contribution >= 0.6 is 12.4 Å². The van der Waals surface area contributed by atoms with Gasteiger partial charge in [0.1, 0.15) is 0 Å². The van der Waals surface area contributed by atoms with E-state index in [2.05, 4.69) is 43.0 Å². The largest absolute Gasteiger partial charge is 0.398 e. The number of hydrogen-bond donors (Lipinski definition) is 1. The fourth-order valence-corrected chi connectivity index (χ4v) is 3.31. The number of nitrogens with zero attached hydrogens (tertiary/aromatic N) is 3. The number of nitrogen functional groups attached to an aromatic ring is 1. The summed E-state index contributed by atoms with van der Waals surface area (Å²) in [5.41, 5.74) is 11.7. The molecule has 4 rings (SSSR count). The van der Waals surface area contributed by atoms with Crippen LogP contribution in [0.25, 0.3) is 32.8 Å². The van der Waals surface area contributed by atoms with Crippen molar-refractivity contribution in [1.82, 2.24) is 9.97 Å². The molecule has 4 nitrogen and oxygen atoms in total. The maximum absolute atomic E-state index is 6.21. The molecule has 0 aliphatic carbocycles. The van der Waals surface area contributed by atoms with Crippen molar-refractivity contribution in [2.24, 2.45) is 0 Å². The predicted octanol–water partition coefficient (Wildman–Crippen LogP) is 4.79. The SMILES string of the molecule is CCN(CC)c1ccc2nc3c(cc(N)c4ccccc43)nc2c1.Cl. The highest BCUT2D eigenvalue weighted by atomic mass is 35.5. The van der Waals surface area contributed by atoms with Crippen LogP contribution in [-0.4, -0.2) is 23.1 Å². The number of aromatic nitrogens is 2. The minimum atomic E-state index is 0. The summed E-state index contributed by atoms with van der Waals surface area (Å²) >= 11 is 0. The van der Waals surface area contributed by atoms with E-state index in [1.807, 2.05) is 24.3 Å². The van der Waals surface area contributed by atoms with Crippen molar-refractivity contribution in [1.29, 1.82) is 0 Å². The minimum Gasteiger partial charge on any atom is -0.398 e. The number of benzene rings is 3. The molecule has 0 spiro atoms. The van der Waals surface area contributed by atoms with Gasteiger partial charge in [0.2, 0.25) is 0 Å². The van der Waals surface area contributed by atoms with E-state index in [-0.39, 0.29) is 12.4 Å². The van der Waals surface area contributed by atoms with E-state index in [9.17, 15) is 0 Å². The first-order chi connectivity index (χ1) is 11.7. The molecule has 3 aromatic carbocycles. The molecule has 0 saturated heterocycles. The van der Waals surface area contributed by atoms with E-state index in [1.165, 1.54) is 5.69 Å². The Morgan fingerprint density at radius 2 is 1.56 bits per heavy atom. The van der Waals surface area contributed by atoms with Gasteiger partial charge in [-0.15, -0.1) is 12.4 Å². The molecule has 1 heterocycles. The first-order valence-electron chi connectivity index (χ1n) is 8.35. The van der Waals surface area contributed by atoms with Gasteiger partial charge in [-0.25, -0.2) is 9.97 Å². The second-order valence-corrected chi connectivity index (χ2v) is 5.95. The number of anilines is 2. The molecule has 128 valence electrons. The van der Waals surface area contributed by atoms with Crippen molar-refractivity contribution in [2.75, 3.05) is 23.7 Å². The summed E-state index contributed by atoms with van der Waals surface area (Å²) < 4.78 is 0. The van der Waals surface area contributed by atoms with Crippen molar-refractivity contribution in [3.63, 3.8) is 0 Å². The maximum atomic E-state index is 6.21. The molecule has 25 heavy (non-hydrogen) atoms. The highest BCUT2D eigenvalue weighted by Gasteiger charge is 2.10. The molecule has 5 heteroatoms. The van der Waals surface area contributed by atoms with Crippen molar-refractivity contribution >= 4 is 56.6 Å². The van der Waals surface area contributed by atoms with E-state index in [0.29, 0.717) is 0 Å². The molecule has 0 unspecified atom stereocenters. The second kappa shape index (κ2) is 6.73. The molecule has 0 bridgehead atoms. The van der Waals surface area contributed by atoms with Gasteiger partial charge < -0.3 is 10.6 Å². The van der Waals surface area contributed by atoms with E-state index < -0.39 is 0 Å². The van der Waals surface area contributed by atoms with E-state index in [0.717, 1.165) is 51.6 Å². The Hall–Kier alpha value is -2.59. The molecule has 0 atom stereocenters. The van der Waals surface area contributed by atoms with Crippen molar-refractivity contribution < 1.29 is 0 Å². The average Bonchev–Trinajstić information content (AvgIpc) is 2.62. The van der Waals surface area contributed by atoms with E-state index >= 15 is 0 Å². The van der Waals surface area contributed by atoms with Crippen LogP contribution in [0.4, 0.5) is 11.4 Å². The lowest BCUT2D eigenvalue weighted by molar-refractivity contribution is 0.867. The van der Waals surface area contributed by atoms with Crippen LogP contribution in [0.1, 0.15) is 13.8 Å². The number of fused-ring (bicyclic) bond motifs is 4. The highest BCUT2D eigenvalue weighted by molar-refractivity contribution is 6.11. The summed E-state index contributed by atoms with van der Waals surface area (Å²) in [7, 11) is 0. The van der Waals surface area contributed by atoms with Crippen LogP contribution in [-0.2, 0) is 0 Å². The molecule has 0 fully saturated rings. The van der Waals surface area contributed by atoms with Gasteiger partial charge in [-0.2, -0.15) is 0 Å². The van der Waals surface area contributed by atoms with Crippen LogP contribution in [0.2, 0.25) is 0 Å². The number of hydrogen-bond acceptors (Lipinski definition) is 4. The van der Waals surface area contributed by atoms with Gasteiger partial charge >= 0.3 is 0 Å². The third-order valence-electron chi connectivity index (χ3n) is 4.59. The molecule has 4 aromatic rings. The summed E-state index contributed by atoms with van der Waals surface area (Å²) in [6.07, 6.45) is 0. The van der Waals surface area contributed by atoms with Crippen molar-refractivity contribution in [2.45, 2.75) is 13.8 Å². The normalized spacial score (nSPS) is 11.0. The monoisotopic (exact) mass is 352 g/mol. The Labute approximate surface area is 153 Å². The van der Waals surface area contributed by atoms with Crippen molar-refractivity contribution in [3.05, 3.63) is 48.5 Å². The van der Waals surface area contributed by atoms with E-state index in [1.54, 1.807) is 0 Å². The Kier molecular flexibility index (Phi) is 4.64. The van der Waals surface area contributed by atoms with Crippen LogP contribution in [0, 0.1) is 0 Å². The molecule has 0 amide bonds.